The van der Waals surface area contributed by atoms with E-state index in [0.717, 1.165) is 30.3 Å². The van der Waals surface area contributed by atoms with Crippen LogP contribution in [-0.2, 0) is 19.7 Å². The third-order valence-electron chi connectivity index (χ3n) is 3.67. The molecule has 20 heavy (non-hydrogen) atoms. The quantitative estimate of drug-likeness (QED) is 0.780. The van der Waals surface area contributed by atoms with E-state index in [1.807, 2.05) is 26.2 Å². The number of carbonyl (C=O) groups excluding carboxylic acids is 1. The summed E-state index contributed by atoms with van der Waals surface area (Å²) in [5, 5.41) is 2.91. The molecule has 1 unspecified atom stereocenters. The third kappa shape index (κ3) is 2.96. The molecule has 1 aromatic rings. The number of methoxy groups -OCH3 is 1. The molecule has 0 N–H and O–H groups in total. The maximum absolute atomic E-state index is 12.0. The summed E-state index contributed by atoms with van der Waals surface area (Å²) < 4.78 is 10.5. The van der Waals surface area contributed by atoms with Crippen LogP contribution in [0.2, 0.25) is 0 Å². The Balaban J connectivity index is 2.11. The lowest BCUT2D eigenvalue weighted by molar-refractivity contribution is -0.148. The van der Waals surface area contributed by atoms with E-state index in [0.29, 0.717) is 6.61 Å². The highest BCUT2D eigenvalue weighted by Gasteiger charge is 2.35. The fraction of sp³-hybridized carbons (Fsp3) is 0.714. The van der Waals surface area contributed by atoms with Crippen molar-refractivity contribution in [3.05, 3.63) is 11.1 Å². The minimum Gasteiger partial charge on any atom is -0.465 e. The Morgan fingerprint density at radius 1 is 1.60 bits per heavy atom. The summed E-state index contributed by atoms with van der Waals surface area (Å²) >= 11 is 1.57. The molecule has 112 valence electrons. The molecule has 6 heteroatoms. The minimum absolute atomic E-state index is 0.229. The molecule has 0 saturated carbocycles. The van der Waals surface area contributed by atoms with Gasteiger partial charge in [0.15, 0.2) is 5.13 Å². The molecular formula is C14H22N2O3S. The van der Waals surface area contributed by atoms with E-state index >= 15 is 0 Å². The highest BCUT2D eigenvalue weighted by molar-refractivity contribution is 7.13. The zero-order valence-corrected chi connectivity index (χ0v) is 13.3. The van der Waals surface area contributed by atoms with Gasteiger partial charge < -0.3 is 14.4 Å². The predicted molar refractivity (Wildman–Crippen MR) is 79.4 cm³/mol. The number of ether oxygens (including phenoxy) is 2. The largest absolute Gasteiger partial charge is 0.465 e. The van der Waals surface area contributed by atoms with Crippen molar-refractivity contribution in [2.24, 2.45) is 0 Å². The standard InChI is InChI=1S/C14H22N2O3S/c1-5-19-12(17)14(2,3)11-9-20-13(15-11)16-7-6-10(8-16)18-4/h9-10H,5-8H2,1-4H3. The molecule has 5 nitrogen and oxygen atoms in total. The molecule has 0 aliphatic carbocycles. The Morgan fingerprint density at radius 3 is 2.95 bits per heavy atom. The van der Waals surface area contributed by atoms with Gasteiger partial charge in [0.2, 0.25) is 0 Å². The molecule has 1 atom stereocenters. The van der Waals surface area contributed by atoms with Gasteiger partial charge in [-0.15, -0.1) is 11.3 Å². The number of hydrogen-bond donors (Lipinski definition) is 0. The summed E-state index contributed by atoms with van der Waals surface area (Å²) in [6.07, 6.45) is 1.30. The average molecular weight is 298 g/mol. The first kappa shape index (κ1) is 15.3. The molecule has 1 aliphatic rings. The third-order valence-corrected chi connectivity index (χ3v) is 4.57. The lowest BCUT2D eigenvalue weighted by Crippen LogP contribution is -2.31. The molecule has 0 aromatic carbocycles. The summed E-state index contributed by atoms with van der Waals surface area (Å²) in [6.45, 7) is 7.72. The number of rotatable bonds is 5. The summed E-state index contributed by atoms with van der Waals surface area (Å²) in [4.78, 5) is 18.8. The molecular weight excluding hydrogens is 276 g/mol. The summed E-state index contributed by atoms with van der Waals surface area (Å²) in [6, 6.07) is 0. The van der Waals surface area contributed by atoms with Gasteiger partial charge >= 0.3 is 5.97 Å². The van der Waals surface area contributed by atoms with Gasteiger partial charge in [-0.1, -0.05) is 0 Å². The second kappa shape index (κ2) is 6.10. The Morgan fingerprint density at radius 2 is 2.35 bits per heavy atom. The van der Waals surface area contributed by atoms with Crippen LogP contribution in [0.5, 0.6) is 0 Å². The Hall–Kier alpha value is -1.14. The molecule has 1 saturated heterocycles. The van der Waals surface area contributed by atoms with Gasteiger partial charge in [-0.25, -0.2) is 4.98 Å². The SMILES string of the molecule is CCOC(=O)C(C)(C)c1csc(N2CCC(OC)C2)n1. The van der Waals surface area contributed by atoms with E-state index in [4.69, 9.17) is 9.47 Å². The molecule has 2 rings (SSSR count). The molecule has 1 aliphatic heterocycles. The Labute approximate surface area is 123 Å². The number of carbonyl (C=O) groups is 1. The number of anilines is 1. The molecule has 1 aromatic heterocycles. The van der Waals surface area contributed by atoms with Crippen LogP contribution < -0.4 is 4.90 Å². The lowest BCUT2D eigenvalue weighted by Gasteiger charge is -2.20. The molecule has 2 heterocycles. The maximum Gasteiger partial charge on any atom is 0.317 e. The topological polar surface area (TPSA) is 51.7 Å². The van der Waals surface area contributed by atoms with Gasteiger partial charge in [0.05, 0.1) is 18.4 Å². The summed E-state index contributed by atoms with van der Waals surface area (Å²) in [5.74, 6) is -0.229. The van der Waals surface area contributed by atoms with Gasteiger partial charge in [0.25, 0.3) is 0 Å². The Bertz CT molecular complexity index is 473. The smallest absolute Gasteiger partial charge is 0.317 e. The van der Waals surface area contributed by atoms with Crippen LogP contribution in [0.3, 0.4) is 0 Å². The number of thiazole rings is 1. The van der Waals surface area contributed by atoms with E-state index in [1.54, 1.807) is 18.4 Å². The number of nitrogens with zero attached hydrogens (tertiary/aromatic N) is 2. The second-order valence-electron chi connectivity index (χ2n) is 5.45. The first-order valence-electron chi connectivity index (χ1n) is 6.90. The fourth-order valence-corrected chi connectivity index (χ4v) is 3.24. The van der Waals surface area contributed by atoms with Crippen LogP contribution in [0, 0.1) is 0 Å². The van der Waals surface area contributed by atoms with Crippen LogP contribution in [0.4, 0.5) is 5.13 Å². The van der Waals surface area contributed by atoms with E-state index in [-0.39, 0.29) is 12.1 Å². The van der Waals surface area contributed by atoms with E-state index in [1.165, 1.54) is 0 Å². The van der Waals surface area contributed by atoms with Crippen LogP contribution in [0.25, 0.3) is 0 Å². The first-order valence-corrected chi connectivity index (χ1v) is 7.78. The van der Waals surface area contributed by atoms with Crippen molar-refractivity contribution in [3.8, 4) is 0 Å². The zero-order chi connectivity index (χ0) is 14.8. The van der Waals surface area contributed by atoms with Gasteiger partial charge in [0.1, 0.15) is 5.41 Å². The van der Waals surface area contributed by atoms with Crippen molar-refractivity contribution in [3.63, 3.8) is 0 Å². The van der Waals surface area contributed by atoms with Gasteiger partial charge in [0, 0.05) is 25.6 Å². The monoisotopic (exact) mass is 298 g/mol. The molecule has 0 bridgehead atoms. The number of esters is 1. The van der Waals surface area contributed by atoms with E-state index in [2.05, 4.69) is 9.88 Å². The van der Waals surface area contributed by atoms with Crippen molar-refractivity contribution >= 4 is 22.4 Å². The predicted octanol–water partition coefficient (Wildman–Crippen LogP) is 2.21. The minimum atomic E-state index is -0.703. The first-order chi connectivity index (χ1) is 9.48. The van der Waals surface area contributed by atoms with Gasteiger partial charge in [-0.3, -0.25) is 4.79 Å². The molecule has 0 radical (unpaired) electrons. The molecule has 1 fully saturated rings. The summed E-state index contributed by atoms with van der Waals surface area (Å²) in [7, 11) is 1.74. The van der Waals surface area contributed by atoms with Crippen LogP contribution in [0.15, 0.2) is 5.38 Å². The van der Waals surface area contributed by atoms with Crippen LogP contribution in [0.1, 0.15) is 32.9 Å². The van der Waals surface area contributed by atoms with Gasteiger partial charge in [-0.2, -0.15) is 0 Å². The highest BCUT2D eigenvalue weighted by Crippen LogP contribution is 2.31. The van der Waals surface area contributed by atoms with Crippen molar-refractivity contribution in [2.45, 2.75) is 38.7 Å². The maximum atomic E-state index is 12.0. The van der Waals surface area contributed by atoms with Gasteiger partial charge in [-0.05, 0) is 27.2 Å². The van der Waals surface area contributed by atoms with Crippen molar-refractivity contribution in [1.82, 2.24) is 4.98 Å². The normalized spacial score (nSPS) is 19.4. The second-order valence-corrected chi connectivity index (χ2v) is 6.29. The van der Waals surface area contributed by atoms with E-state index in [9.17, 15) is 4.79 Å². The Kier molecular flexibility index (Phi) is 4.65. The van der Waals surface area contributed by atoms with E-state index < -0.39 is 5.41 Å². The summed E-state index contributed by atoms with van der Waals surface area (Å²) in [5.41, 5.74) is 0.0716. The van der Waals surface area contributed by atoms with Crippen molar-refractivity contribution in [1.29, 1.82) is 0 Å². The highest BCUT2D eigenvalue weighted by atomic mass is 32.1. The molecule has 0 spiro atoms. The zero-order valence-electron chi connectivity index (χ0n) is 12.5. The van der Waals surface area contributed by atoms with Crippen molar-refractivity contribution in [2.75, 3.05) is 31.7 Å². The van der Waals surface area contributed by atoms with Crippen LogP contribution >= 0.6 is 11.3 Å². The number of aromatic nitrogens is 1. The molecule has 0 amide bonds. The van der Waals surface area contributed by atoms with Crippen LogP contribution in [-0.4, -0.2) is 43.9 Å². The average Bonchev–Trinajstić information content (AvgIpc) is 3.07. The number of hydrogen-bond acceptors (Lipinski definition) is 6. The fourth-order valence-electron chi connectivity index (χ4n) is 2.21. The van der Waals surface area contributed by atoms with Crippen molar-refractivity contribution < 1.29 is 14.3 Å². The lowest BCUT2D eigenvalue weighted by atomic mass is 9.90.